The molecule has 0 unspecified atom stereocenters. The van der Waals surface area contributed by atoms with Gasteiger partial charge in [0.1, 0.15) is 5.75 Å². The highest BCUT2D eigenvalue weighted by Crippen LogP contribution is 2.44. The lowest BCUT2D eigenvalue weighted by molar-refractivity contribution is -0.114. The third-order valence-corrected chi connectivity index (χ3v) is 3.22. The van der Waals surface area contributed by atoms with E-state index >= 15 is 0 Å². The molecule has 0 atom stereocenters. The van der Waals surface area contributed by atoms with Crippen LogP contribution in [0.25, 0.3) is 0 Å². The molecule has 1 aromatic rings. The summed E-state index contributed by atoms with van der Waals surface area (Å²) in [6.07, 6.45) is 2.50. The van der Waals surface area contributed by atoms with Crippen LogP contribution in [0.4, 0.5) is 5.69 Å². The van der Waals surface area contributed by atoms with E-state index in [1.165, 1.54) is 6.92 Å². The summed E-state index contributed by atoms with van der Waals surface area (Å²) in [5.74, 6) is 0.517. The second-order valence-electron chi connectivity index (χ2n) is 4.48. The van der Waals surface area contributed by atoms with Crippen molar-refractivity contribution in [3.63, 3.8) is 0 Å². The topological polar surface area (TPSA) is 58.6 Å². The van der Waals surface area contributed by atoms with Gasteiger partial charge in [-0.25, -0.2) is 0 Å². The SMILES string of the molecule is COc1ccc(C2(O)CCC2)c(NC(C)=O)c1. The van der Waals surface area contributed by atoms with Crippen molar-refractivity contribution in [2.75, 3.05) is 12.4 Å². The number of methoxy groups -OCH3 is 1. The molecular formula is C13H17NO3. The van der Waals surface area contributed by atoms with Gasteiger partial charge in [0, 0.05) is 18.6 Å². The number of aliphatic hydroxyl groups is 1. The van der Waals surface area contributed by atoms with Gasteiger partial charge < -0.3 is 15.2 Å². The van der Waals surface area contributed by atoms with Crippen LogP contribution in [-0.4, -0.2) is 18.1 Å². The summed E-state index contributed by atoms with van der Waals surface area (Å²) in [4.78, 5) is 11.2. The fourth-order valence-electron chi connectivity index (χ4n) is 2.13. The number of benzene rings is 1. The molecule has 1 aliphatic rings. The van der Waals surface area contributed by atoms with E-state index < -0.39 is 5.60 Å². The van der Waals surface area contributed by atoms with Crippen molar-refractivity contribution < 1.29 is 14.6 Å². The average Bonchev–Trinajstić information content (AvgIpc) is 2.25. The number of carbonyl (C=O) groups excluding carboxylic acids is 1. The Balaban J connectivity index is 2.39. The fraction of sp³-hybridized carbons (Fsp3) is 0.462. The van der Waals surface area contributed by atoms with Crippen LogP contribution in [0.5, 0.6) is 5.75 Å². The molecule has 0 spiro atoms. The van der Waals surface area contributed by atoms with Crippen molar-refractivity contribution in [1.82, 2.24) is 0 Å². The highest BCUT2D eigenvalue weighted by molar-refractivity contribution is 5.90. The molecule has 1 aromatic carbocycles. The van der Waals surface area contributed by atoms with E-state index in [0.717, 1.165) is 24.8 Å². The van der Waals surface area contributed by atoms with Gasteiger partial charge in [-0.2, -0.15) is 0 Å². The predicted octanol–water partition coefficient (Wildman–Crippen LogP) is 2.03. The zero-order valence-corrected chi connectivity index (χ0v) is 10.1. The monoisotopic (exact) mass is 235 g/mol. The standard InChI is InChI=1S/C13H17NO3/c1-9(15)14-12-8-10(17-2)4-5-11(12)13(16)6-3-7-13/h4-5,8,16H,3,6-7H2,1-2H3,(H,14,15). The van der Waals surface area contributed by atoms with Crippen LogP contribution in [0.1, 0.15) is 31.7 Å². The molecule has 1 aliphatic carbocycles. The lowest BCUT2D eigenvalue weighted by atomic mass is 9.74. The number of rotatable bonds is 3. The van der Waals surface area contributed by atoms with Crippen LogP contribution in [0.3, 0.4) is 0 Å². The van der Waals surface area contributed by atoms with Crippen molar-refractivity contribution in [2.45, 2.75) is 31.8 Å². The van der Waals surface area contributed by atoms with Crippen molar-refractivity contribution in [3.05, 3.63) is 23.8 Å². The summed E-state index contributed by atoms with van der Waals surface area (Å²) >= 11 is 0. The molecular weight excluding hydrogens is 218 g/mol. The Labute approximate surface area is 101 Å². The Hall–Kier alpha value is -1.55. The first-order chi connectivity index (χ1) is 8.05. The minimum absolute atomic E-state index is 0.151. The summed E-state index contributed by atoms with van der Waals surface area (Å²) < 4.78 is 5.12. The van der Waals surface area contributed by atoms with Gasteiger partial charge in [-0.3, -0.25) is 4.79 Å². The number of amides is 1. The normalized spacial score (nSPS) is 17.1. The predicted molar refractivity (Wildman–Crippen MR) is 65.0 cm³/mol. The molecule has 1 saturated carbocycles. The molecule has 0 aromatic heterocycles. The summed E-state index contributed by atoms with van der Waals surface area (Å²) in [6.45, 7) is 1.45. The number of anilines is 1. The van der Waals surface area contributed by atoms with E-state index in [1.807, 2.05) is 6.07 Å². The van der Waals surface area contributed by atoms with Gasteiger partial charge >= 0.3 is 0 Å². The number of carbonyl (C=O) groups is 1. The lowest BCUT2D eigenvalue weighted by Gasteiger charge is -2.38. The maximum Gasteiger partial charge on any atom is 0.221 e. The first kappa shape index (κ1) is 11.9. The molecule has 92 valence electrons. The highest BCUT2D eigenvalue weighted by atomic mass is 16.5. The largest absolute Gasteiger partial charge is 0.497 e. The Morgan fingerprint density at radius 3 is 2.65 bits per heavy atom. The molecule has 2 N–H and O–H groups in total. The number of hydrogen-bond acceptors (Lipinski definition) is 3. The number of hydrogen-bond donors (Lipinski definition) is 2. The van der Waals surface area contributed by atoms with Crippen LogP contribution in [0.15, 0.2) is 18.2 Å². The Bertz CT molecular complexity index is 438. The van der Waals surface area contributed by atoms with Crippen LogP contribution in [0, 0.1) is 0 Å². The Morgan fingerprint density at radius 2 is 2.18 bits per heavy atom. The summed E-state index contributed by atoms with van der Waals surface area (Å²) in [5.41, 5.74) is 0.628. The first-order valence-electron chi connectivity index (χ1n) is 5.74. The van der Waals surface area contributed by atoms with Gasteiger partial charge in [0.25, 0.3) is 0 Å². The zero-order chi connectivity index (χ0) is 12.5. The van der Waals surface area contributed by atoms with Crippen molar-refractivity contribution >= 4 is 11.6 Å². The van der Waals surface area contributed by atoms with Gasteiger partial charge in [-0.15, -0.1) is 0 Å². The van der Waals surface area contributed by atoms with Crippen molar-refractivity contribution in [1.29, 1.82) is 0 Å². The quantitative estimate of drug-likeness (QED) is 0.842. The number of nitrogens with one attached hydrogen (secondary N) is 1. The van der Waals surface area contributed by atoms with Gasteiger partial charge in [-0.1, -0.05) is 6.07 Å². The molecule has 17 heavy (non-hydrogen) atoms. The van der Waals surface area contributed by atoms with Gasteiger partial charge in [0.15, 0.2) is 0 Å². The molecule has 1 fully saturated rings. The second-order valence-corrected chi connectivity index (χ2v) is 4.48. The maximum atomic E-state index is 11.2. The molecule has 0 heterocycles. The summed E-state index contributed by atoms with van der Waals surface area (Å²) in [7, 11) is 1.57. The van der Waals surface area contributed by atoms with Crippen molar-refractivity contribution in [2.24, 2.45) is 0 Å². The van der Waals surface area contributed by atoms with Gasteiger partial charge in [-0.05, 0) is 25.3 Å². The summed E-state index contributed by atoms with van der Waals surface area (Å²) in [6, 6.07) is 5.37. The fourth-order valence-corrected chi connectivity index (χ4v) is 2.13. The van der Waals surface area contributed by atoms with Gasteiger partial charge in [0.05, 0.1) is 18.4 Å². The van der Waals surface area contributed by atoms with Crippen LogP contribution < -0.4 is 10.1 Å². The Kier molecular flexibility index (Phi) is 3.07. The van der Waals surface area contributed by atoms with Gasteiger partial charge in [0.2, 0.25) is 5.91 Å². The van der Waals surface area contributed by atoms with Crippen LogP contribution in [0.2, 0.25) is 0 Å². The molecule has 0 bridgehead atoms. The summed E-state index contributed by atoms with van der Waals surface area (Å²) in [5, 5.41) is 13.1. The van der Waals surface area contributed by atoms with E-state index in [9.17, 15) is 9.90 Å². The number of ether oxygens (including phenoxy) is 1. The second kappa shape index (κ2) is 4.37. The molecule has 0 saturated heterocycles. The van der Waals surface area contributed by atoms with E-state index in [4.69, 9.17) is 4.74 Å². The minimum atomic E-state index is -0.788. The molecule has 0 radical (unpaired) electrons. The molecule has 1 amide bonds. The van der Waals surface area contributed by atoms with Crippen molar-refractivity contribution in [3.8, 4) is 5.75 Å². The highest BCUT2D eigenvalue weighted by Gasteiger charge is 2.38. The molecule has 2 rings (SSSR count). The smallest absolute Gasteiger partial charge is 0.221 e. The third-order valence-electron chi connectivity index (χ3n) is 3.22. The maximum absolute atomic E-state index is 11.2. The van der Waals surface area contributed by atoms with E-state index in [1.54, 1.807) is 19.2 Å². The molecule has 4 heteroatoms. The lowest BCUT2D eigenvalue weighted by Crippen LogP contribution is -2.34. The Morgan fingerprint density at radius 1 is 1.47 bits per heavy atom. The molecule has 4 nitrogen and oxygen atoms in total. The van der Waals surface area contributed by atoms with E-state index in [2.05, 4.69) is 5.32 Å². The third kappa shape index (κ3) is 2.26. The minimum Gasteiger partial charge on any atom is -0.497 e. The van der Waals surface area contributed by atoms with E-state index in [-0.39, 0.29) is 5.91 Å². The van der Waals surface area contributed by atoms with E-state index in [0.29, 0.717) is 11.4 Å². The molecule has 0 aliphatic heterocycles. The van der Waals surface area contributed by atoms with Crippen LogP contribution >= 0.6 is 0 Å². The zero-order valence-electron chi connectivity index (χ0n) is 10.1. The van der Waals surface area contributed by atoms with Crippen LogP contribution in [-0.2, 0) is 10.4 Å². The average molecular weight is 235 g/mol. The first-order valence-corrected chi connectivity index (χ1v) is 5.74.